The molecule has 0 radical (unpaired) electrons. The van der Waals surface area contributed by atoms with Gasteiger partial charge in [0.05, 0.1) is 22.4 Å². The van der Waals surface area contributed by atoms with Crippen molar-refractivity contribution in [3.63, 3.8) is 0 Å². The number of para-hydroxylation sites is 2. The zero-order valence-electron chi connectivity index (χ0n) is 31.6. The zero-order valence-corrected chi connectivity index (χ0v) is 32.4. The third-order valence-corrected chi connectivity index (χ3v) is 13.1. The van der Waals surface area contributed by atoms with Crippen molar-refractivity contribution in [3.8, 4) is 50.7 Å². The number of aromatic nitrogens is 3. The van der Waals surface area contributed by atoms with Crippen LogP contribution in [0.4, 0.5) is 0 Å². The Labute approximate surface area is 329 Å². The lowest BCUT2D eigenvalue weighted by molar-refractivity contribution is 1.18. The Morgan fingerprint density at radius 1 is 0.418 bits per heavy atom. The van der Waals surface area contributed by atoms with Gasteiger partial charge in [0.1, 0.15) is 39.2 Å². The fourth-order valence-corrected chi connectivity index (χ4v) is 9.92. The molecule has 0 spiro atoms. The van der Waals surface area contributed by atoms with E-state index in [9.17, 15) is 0 Å². The summed E-state index contributed by atoms with van der Waals surface area (Å²) in [7, 11) is 11.2. The summed E-state index contributed by atoms with van der Waals surface area (Å²) in [5.74, 6) is 0.740. The maximum atomic E-state index is 5.31. The van der Waals surface area contributed by atoms with Gasteiger partial charge < -0.3 is 4.57 Å². The summed E-state index contributed by atoms with van der Waals surface area (Å²) in [6.07, 6.45) is 0. The van der Waals surface area contributed by atoms with Crippen LogP contribution in [0.2, 0.25) is 0 Å². The molecule has 0 bridgehead atoms. The summed E-state index contributed by atoms with van der Waals surface area (Å²) in [6, 6.07) is 52.4. The maximum absolute atomic E-state index is 5.31. The van der Waals surface area contributed by atoms with Crippen LogP contribution in [0.3, 0.4) is 0 Å². The largest absolute Gasteiger partial charge is 0.309 e. The molecule has 7 aromatic carbocycles. The molecule has 0 atom stereocenters. The summed E-state index contributed by atoms with van der Waals surface area (Å²) < 4.78 is 4.90. The van der Waals surface area contributed by atoms with Crippen LogP contribution in [0.1, 0.15) is 0 Å². The van der Waals surface area contributed by atoms with Gasteiger partial charge in [-0.1, -0.05) is 120 Å². The molecule has 55 heavy (non-hydrogen) atoms. The lowest BCUT2D eigenvalue weighted by Gasteiger charge is -2.20. The highest BCUT2D eigenvalue weighted by Gasteiger charge is 2.20. The molecule has 0 amide bonds. The topological polar surface area (TPSA) is 30.7 Å². The van der Waals surface area contributed by atoms with E-state index in [1.165, 1.54) is 91.7 Å². The molecule has 0 aliphatic rings. The molecule has 9 heteroatoms. The molecule has 254 valence electrons. The van der Waals surface area contributed by atoms with E-state index < -0.39 is 0 Å². The molecule has 10 aromatic rings. The van der Waals surface area contributed by atoms with Gasteiger partial charge in [-0.15, -0.1) is 27.7 Å². The smallest absolute Gasteiger partial charge is 0.160 e. The average Bonchev–Trinajstić information content (AvgIpc) is 3.78. The van der Waals surface area contributed by atoms with Gasteiger partial charge in [0, 0.05) is 47.8 Å². The number of hydrogen-bond donors (Lipinski definition) is 0. The van der Waals surface area contributed by atoms with Crippen molar-refractivity contribution in [1.29, 1.82) is 0 Å². The molecule has 10 rings (SSSR count). The number of benzene rings is 7. The van der Waals surface area contributed by atoms with Gasteiger partial charge in [-0.3, -0.25) is 0 Å². The molecule has 0 N–H and O–H groups in total. The summed E-state index contributed by atoms with van der Waals surface area (Å²) in [6.45, 7) is 0. The van der Waals surface area contributed by atoms with Crippen LogP contribution in [-0.4, -0.2) is 53.8 Å². The minimum Gasteiger partial charge on any atom is -0.309 e. The standard InChI is InChI=1S/C46H34B5N3S/c47-39-38(40(48)42(50)43(51)41(39)49)35-24-34(52-46(53-35)25-11-3-1-4-12-25)32-19-10-18-31-30-17-9-16-28(44(30)55-45(31)32)26-21-22-37-33(23-26)29-15-7-8-20-36(29)54(37)27-13-5-2-6-14-27/h1-24H,47-51H2. The first-order chi connectivity index (χ1) is 26.9. The predicted molar refractivity (Wildman–Crippen MR) is 252 cm³/mol. The lowest BCUT2D eigenvalue weighted by atomic mass is 9.60. The SMILES string of the molecule is Bc1c(B)c(B)c(-c2cc(-c3cccc4c3sc3c(-c5ccc6c(c5)c5ccccc5n6-c5ccccc5)cccc34)nc(-c3ccccc3)n2)c(B)c1B. The van der Waals surface area contributed by atoms with Crippen molar-refractivity contribution >= 4 is 120 Å². The minimum absolute atomic E-state index is 0.740. The van der Waals surface area contributed by atoms with Gasteiger partial charge in [-0.05, 0) is 53.1 Å². The van der Waals surface area contributed by atoms with Gasteiger partial charge in [0.25, 0.3) is 0 Å². The van der Waals surface area contributed by atoms with E-state index in [-0.39, 0.29) is 0 Å². The molecule has 0 saturated heterocycles. The second-order valence-corrected chi connectivity index (χ2v) is 15.7. The fourth-order valence-electron chi connectivity index (χ4n) is 8.56. The fraction of sp³-hybridized carbons (Fsp3) is 0. The minimum atomic E-state index is 0.740. The number of nitrogens with zero attached hydrogens (tertiary/aromatic N) is 3. The van der Waals surface area contributed by atoms with E-state index in [1.54, 1.807) is 0 Å². The van der Waals surface area contributed by atoms with Crippen LogP contribution in [-0.2, 0) is 0 Å². The molecule has 0 saturated carbocycles. The first kappa shape index (κ1) is 33.5. The Morgan fingerprint density at radius 2 is 0.982 bits per heavy atom. The second-order valence-electron chi connectivity index (χ2n) is 14.7. The van der Waals surface area contributed by atoms with Crippen LogP contribution < -0.4 is 27.3 Å². The van der Waals surface area contributed by atoms with E-state index in [2.05, 4.69) is 183 Å². The van der Waals surface area contributed by atoms with E-state index in [4.69, 9.17) is 9.97 Å². The molecule has 0 aliphatic carbocycles. The summed E-state index contributed by atoms with van der Waals surface area (Å²) >= 11 is 1.87. The normalized spacial score (nSPS) is 11.6. The molecular formula is C46H34B5N3S. The van der Waals surface area contributed by atoms with Crippen molar-refractivity contribution < 1.29 is 0 Å². The van der Waals surface area contributed by atoms with Gasteiger partial charge in [0.15, 0.2) is 5.82 Å². The first-order valence-electron chi connectivity index (χ1n) is 18.9. The van der Waals surface area contributed by atoms with Crippen LogP contribution in [0.15, 0.2) is 146 Å². The number of thiophene rings is 1. The highest BCUT2D eigenvalue weighted by molar-refractivity contribution is 7.26. The molecule has 0 fully saturated rings. The predicted octanol–water partition coefficient (Wildman–Crippen LogP) is 3.90. The number of fused-ring (bicyclic) bond motifs is 6. The Balaban J connectivity index is 1.18. The van der Waals surface area contributed by atoms with Crippen LogP contribution in [0.5, 0.6) is 0 Å². The van der Waals surface area contributed by atoms with E-state index in [1.807, 2.05) is 17.4 Å². The monoisotopic (exact) mass is 715 g/mol. The summed E-state index contributed by atoms with van der Waals surface area (Å²) in [5, 5.41) is 5.02. The van der Waals surface area contributed by atoms with Crippen LogP contribution >= 0.6 is 11.3 Å². The summed E-state index contributed by atoms with van der Waals surface area (Å²) in [4.78, 5) is 10.6. The van der Waals surface area contributed by atoms with Crippen molar-refractivity contribution in [2.45, 2.75) is 0 Å². The highest BCUT2D eigenvalue weighted by Crippen LogP contribution is 2.45. The van der Waals surface area contributed by atoms with Crippen LogP contribution in [0.25, 0.3) is 92.7 Å². The Bertz CT molecular complexity index is 3130. The molecule has 3 heterocycles. The van der Waals surface area contributed by atoms with Gasteiger partial charge in [-0.2, -0.15) is 0 Å². The zero-order chi connectivity index (χ0) is 37.4. The first-order valence-corrected chi connectivity index (χ1v) is 19.7. The number of hydrogen-bond acceptors (Lipinski definition) is 3. The Morgan fingerprint density at radius 3 is 1.71 bits per heavy atom. The molecule has 0 unspecified atom stereocenters. The van der Waals surface area contributed by atoms with Crippen molar-refractivity contribution in [1.82, 2.24) is 14.5 Å². The number of rotatable bonds is 5. The van der Waals surface area contributed by atoms with Gasteiger partial charge in [0.2, 0.25) is 0 Å². The van der Waals surface area contributed by atoms with Gasteiger partial charge in [-0.25, -0.2) is 9.97 Å². The van der Waals surface area contributed by atoms with E-state index in [0.29, 0.717) is 0 Å². The maximum Gasteiger partial charge on any atom is 0.160 e. The molecule has 0 aliphatic heterocycles. The van der Waals surface area contributed by atoms with Crippen molar-refractivity contribution in [2.75, 3.05) is 0 Å². The van der Waals surface area contributed by atoms with Crippen molar-refractivity contribution in [3.05, 3.63) is 146 Å². The third-order valence-electron chi connectivity index (χ3n) is 11.8. The van der Waals surface area contributed by atoms with Crippen LogP contribution in [0, 0.1) is 0 Å². The van der Waals surface area contributed by atoms with Crippen molar-refractivity contribution in [2.24, 2.45) is 0 Å². The average molecular weight is 715 g/mol. The summed E-state index contributed by atoms with van der Waals surface area (Å²) in [5.41, 5.74) is 17.8. The Hall–Kier alpha value is -6.04. The second kappa shape index (κ2) is 13.1. The molecular weight excluding hydrogens is 681 g/mol. The van der Waals surface area contributed by atoms with Gasteiger partial charge >= 0.3 is 0 Å². The third kappa shape index (κ3) is 5.32. The quantitative estimate of drug-likeness (QED) is 0.254. The lowest BCUT2D eigenvalue weighted by Crippen LogP contribution is -2.55. The van der Waals surface area contributed by atoms with E-state index in [0.717, 1.165) is 28.3 Å². The molecule has 3 nitrogen and oxygen atoms in total. The highest BCUT2D eigenvalue weighted by atomic mass is 32.1. The Kier molecular flexibility index (Phi) is 7.97. The molecule has 3 aromatic heterocycles. The van der Waals surface area contributed by atoms with E-state index >= 15 is 0 Å².